The monoisotopic (exact) mass is 210 g/mol. The molecule has 0 aliphatic heterocycles. The average molecular weight is 210 g/mol. The molecule has 15 heavy (non-hydrogen) atoms. The van der Waals surface area contributed by atoms with Crippen LogP contribution in [0, 0.1) is 0 Å². The maximum absolute atomic E-state index is 5.86. The zero-order chi connectivity index (χ0) is 11.1. The molecule has 86 valence electrons. The molecule has 2 unspecified atom stereocenters. The maximum atomic E-state index is 5.86. The zero-order valence-corrected chi connectivity index (χ0v) is 9.49. The summed E-state index contributed by atoms with van der Waals surface area (Å²) in [4.78, 5) is 0. The van der Waals surface area contributed by atoms with E-state index in [2.05, 4.69) is 18.2 Å². The van der Waals surface area contributed by atoms with Gasteiger partial charge < -0.3 is 16.2 Å². The lowest BCUT2D eigenvalue weighted by molar-refractivity contribution is 0.0227. The van der Waals surface area contributed by atoms with Gasteiger partial charge in [-0.1, -0.05) is 18.2 Å². The van der Waals surface area contributed by atoms with E-state index in [0.29, 0.717) is 6.54 Å². The second-order valence-electron chi connectivity index (χ2n) is 3.97. The van der Waals surface area contributed by atoms with Crippen molar-refractivity contribution < 1.29 is 4.74 Å². The maximum Gasteiger partial charge on any atom is 0.0826 e. The van der Waals surface area contributed by atoms with Gasteiger partial charge in [-0.05, 0) is 38.3 Å². The molecule has 1 rings (SSSR count). The molecule has 4 N–H and O–H groups in total. The molecule has 2 atom stereocenters. The van der Waals surface area contributed by atoms with Crippen molar-refractivity contribution in [2.75, 3.05) is 13.1 Å². The molecule has 0 aromatic heterocycles. The smallest absolute Gasteiger partial charge is 0.0826 e. The molecule has 0 heterocycles. The Balaban J connectivity index is 2.47. The minimum atomic E-state index is 0.128. The summed E-state index contributed by atoms with van der Waals surface area (Å²) in [6.07, 6.45) is 9.73. The Hall–Kier alpha value is -0.640. The standard InChI is InChI=1S/C12H22N2O/c1-10(9-14)15-12-7-3-2-5-11(12)6-4-8-13/h2-3,5,10,12H,4,6-9,13-14H2,1H3. The summed E-state index contributed by atoms with van der Waals surface area (Å²) < 4.78 is 5.86. The Kier molecular flexibility index (Phi) is 5.61. The van der Waals surface area contributed by atoms with Crippen molar-refractivity contribution in [1.29, 1.82) is 0 Å². The van der Waals surface area contributed by atoms with Crippen LogP contribution in [0.25, 0.3) is 0 Å². The summed E-state index contributed by atoms with van der Waals surface area (Å²) >= 11 is 0. The number of hydrogen-bond donors (Lipinski definition) is 2. The molecule has 1 aliphatic carbocycles. The highest BCUT2D eigenvalue weighted by Crippen LogP contribution is 2.21. The van der Waals surface area contributed by atoms with Crippen LogP contribution >= 0.6 is 0 Å². The van der Waals surface area contributed by atoms with Crippen molar-refractivity contribution in [3.63, 3.8) is 0 Å². The summed E-state index contributed by atoms with van der Waals surface area (Å²) in [7, 11) is 0. The summed E-state index contributed by atoms with van der Waals surface area (Å²) in [5.41, 5.74) is 12.4. The summed E-state index contributed by atoms with van der Waals surface area (Å²) in [5, 5.41) is 0. The van der Waals surface area contributed by atoms with E-state index in [1.54, 1.807) is 0 Å². The quantitative estimate of drug-likeness (QED) is 0.695. The van der Waals surface area contributed by atoms with Crippen molar-refractivity contribution >= 4 is 0 Å². The van der Waals surface area contributed by atoms with Gasteiger partial charge in [-0.15, -0.1) is 0 Å². The first-order valence-electron chi connectivity index (χ1n) is 5.69. The van der Waals surface area contributed by atoms with Crippen LogP contribution in [0.15, 0.2) is 23.8 Å². The van der Waals surface area contributed by atoms with Crippen molar-refractivity contribution in [2.45, 2.75) is 38.4 Å². The Morgan fingerprint density at radius 2 is 2.33 bits per heavy atom. The Morgan fingerprint density at radius 1 is 1.53 bits per heavy atom. The Labute approximate surface area is 92.2 Å². The van der Waals surface area contributed by atoms with Crippen LogP contribution in [0.1, 0.15) is 26.2 Å². The van der Waals surface area contributed by atoms with E-state index in [-0.39, 0.29) is 12.2 Å². The van der Waals surface area contributed by atoms with E-state index >= 15 is 0 Å². The number of allylic oxidation sites excluding steroid dienone is 2. The van der Waals surface area contributed by atoms with Crippen LogP contribution in [0.5, 0.6) is 0 Å². The number of nitrogens with two attached hydrogens (primary N) is 2. The molecule has 0 spiro atoms. The minimum absolute atomic E-state index is 0.128. The fourth-order valence-corrected chi connectivity index (χ4v) is 1.68. The molecule has 1 aliphatic rings. The molecule has 3 heteroatoms. The largest absolute Gasteiger partial charge is 0.369 e. The van der Waals surface area contributed by atoms with Gasteiger partial charge in [0, 0.05) is 6.54 Å². The van der Waals surface area contributed by atoms with Crippen LogP contribution in [0.3, 0.4) is 0 Å². The lowest BCUT2D eigenvalue weighted by atomic mass is 9.97. The number of rotatable bonds is 6. The van der Waals surface area contributed by atoms with Gasteiger partial charge in [0.15, 0.2) is 0 Å². The van der Waals surface area contributed by atoms with Crippen LogP contribution in [-0.2, 0) is 4.74 Å². The molecule has 3 nitrogen and oxygen atoms in total. The van der Waals surface area contributed by atoms with Crippen LogP contribution in [-0.4, -0.2) is 25.3 Å². The van der Waals surface area contributed by atoms with Gasteiger partial charge in [0.2, 0.25) is 0 Å². The van der Waals surface area contributed by atoms with Crippen molar-refractivity contribution in [3.05, 3.63) is 23.8 Å². The van der Waals surface area contributed by atoms with E-state index in [0.717, 1.165) is 25.8 Å². The normalized spacial score (nSPS) is 22.6. The lowest BCUT2D eigenvalue weighted by Gasteiger charge is -2.25. The fourth-order valence-electron chi connectivity index (χ4n) is 1.68. The Bertz CT molecular complexity index is 236. The van der Waals surface area contributed by atoms with Crippen molar-refractivity contribution in [2.24, 2.45) is 11.5 Å². The van der Waals surface area contributed by atoms with E-state index in [9.17, 15) is 0 Å². The minimum Gasteiger partial charge on any atom is -0.369 e. The summed E-state index contributed by atoms with van der Waals surface area (Å²) in [6, 6.07) is 0. The molecule has 0 aromatic carbocycles. The molecule has 0 saturated carbocycles. The predicted octanol–water partition coefficient (Wildman–Crippen LogP) is 1.34. The summed E-state index contributed by atoms with van der Waals surface area (Å²) in [6.45, 7) is 3.32. The average Bonchev–Trinajstić information content (AvgIpc) is 2.28. The third-order valence-corrected chi connectivity index (χ3v) is 2.61. The van der Waals surface area contributed by atoms with Gasteiger partial charge >= 0.3 is 0 Å². The highest BCUT2D eigenvalue weighted by molar-refractivity contribution is 5.22. The second kappa shape index (κ2) is 6.77. The number of ether oxygens (including phenoxy) is 1. The molecular weight excluding hydrogens is 188 g/mol. The SMILES string of the molecule is CC(CN)OC1CC=CC=C1CCCN. The van der Waals surface area contributed by atoms with Gasteiger partial charge in [0.25, 0.3) is 0 Å². The van der Waals surface area contributed by atoms with Gasteiger partial charge in [-0.3, -0.25) is 0 Å². The highest BCUT2D eigenvalue weighted by atomic mass is 16.5. The molecular formula is C12H22N2O. The van der Waals surface area contributed by atoms with E-state index in [1.807, 2.05) is 6.92 Å². The van der Waals surface area contributed by atoms with E-state index in [4.69, 9.17) is 16.2 Å². The van der Waals surface area contributed by atoms with Crippen LogP contribution in [0.2, 0.25) is 0 Å². The lowest BCUT2D eigenvalue weighted by Crippen LogP contribution is -2.28. The highest BCUT2D eigenvalue weighted by Gasteiger charge is 2.17. The van der Waals surface area contributed by atoms with Crippen molar-refractivity contribution in [3.8, 4) is 0 Å². The first-order chi connectivity index (χ1) is 7.27. The van der Waals surface area contributed by atoms with Gasteiger partial charge in [0.1, 0.15) is 0 Å². The fraction of sp³-hybridized carbons (Fsp3) is 0.667. The molecule has 0 fully saturated rings. The molecule has 0 amide bonds. The summed E-state index contributed by atoms with van der Waals surface area (Å²) in [5.74, 6) is 0. The first kappa shape index (κ1) is 12.4. The van der Waals surface area contributed by atoms with Crippen LogP contribution in [0.4, 0.5) is 0 Å². The molecule has 0 aromatic rings. The topological polar surface area (TPSA) is 61.3 Å². The third-order valence-electron chi connectivity index (χ3n) is 2.61. The van der Waals surface area contributed by atoms with Crippen LogP contribution < -0.4 is 11.5 Å². The first-order valence-corrected chi connectivity index (χ1v) is 5.69. The number of hydrogen-bond acceptors (Lipinski definition) is 3. The second-order valence-corrected chi connectivity index (χ2v) is 3.97. The zero-order valence-electron chi connectivity index (χ0n) is 9.49. The Morgan fingerprint density at radius 3 is 3.00 bits per heavy atom. The van der Waals surface area contributed by atoms with Gasteiger partial charge in [-0.2, -0.15) is 0 Å². The third kappa shape index (κ3) is 4.16. The van der Waals surface area contributed by atoms with E-state index in [1.165, 1.54) is 5.57 Å². The van der Waals surface area contributed by atoms with Gasteiger partial charge in [0.05, 0.1) is 12.2 Å². The van der Waals surface area contributed by atoms with E-state index < -0.39 is 0 Å². The molecule has 0 saturated heterocycles. The molecule has 0 radical (unpaired) electrons. The molecule has 0 bridgehead atoms. The van der Waals surface area contributed by atoms with Gasteiger partial charge in [-0.25, -0.2) is 0 Å². The predicted molar refractivity (Wildman–Crippen MR) is 63.5 cm³/mol. The van der Waals surface area contributed by atoms with Crippen molar-refractivity contribution in [1.82, 2.24) is 0 Å².